The minimum atomic E-state index is -3.74. The van der Waals surface area contributed by atoms with Crippen molar-refractivity contribution in [2.24, 2.45) is 0 Å². The first-order chi connectivity index (χ1) is 12.4. The Labute approximate surface area is 152 Å². The van der Waals surface area contributed by atoms with Gasteiger partial charge in [-0.1, -0.05) is 24.6 Å². The second-order valence-electron chi connectivity index (χ2n) is 6.30. The van der Waals surface area contributed by atoms with Crippen molar-refractivity contribution >= 4 is 15.9 Å². The lowest BCUT2D eigenvalue weighted by atomic mass is 10.1. The molecule has 1 aromatic carbocycles. The maximum absolute atomic E-state index is 13.8. The highest BCUT2D eigenvalue weighted by molar-refractivity contribution is 7.89. The van der Waals surface area contributed by atoms with Crippen LogP contribution >= 0.6 is 0 Å². The number of hydrogen-bond acceptors (Lipinski definition) is 4. The summed E-state index contributed by atoms with van der Waals surface area (Å²) in [5, 5.41) is 2.37. The van der Waals surface area contributed by atoms with Crippen LogP contribution in [0.15, 0.2) is 45.9 Å². The first kappa shape index (κ1) is 18.6. The number of nitrogens with one attached hydrogen (secondary N) is 1. The molecule has 0 aliphatic carbocycles. The zero-order valence-electron chi connectivity index (χ0n) is 14.4. The number of furan rings is 1. The second kappa shape index (κ2) is 7.59. The molecule has 2 heterocycles. The molecule has 6 nitrogen and oxygen atoms in total. The Bertz CT molecular complexity index is 888. The number of amides is 1. The van der Waals surface area contributed by atoms with Gasteiger partial charge >= 0.3 is 0 Å². The molecule has 3 rings (SSSR count). The molecule has 1 amide bonds. The van der Waals surface area contributed by atoms with Gasteiger partial charge in [-0.25, -0.2) is 12.8 Å². The van der Waals surface area contributed by atoms with E-state index in [1.165, 1.54) is 22.5 Å². The molecule has 1 aliphatic rings. The van der Waals surface area contributed by atoms with Crippen LogP contribution in [0.25, 0.3) is 0 Å². The second-order valence-corrected chi connectivity index (χ2v) is 8.17. The van der Waals surface area contributed by atoms with Crippen LogP contribution in [-0.4, -0.2) is 31.7 Å². The predicted molar refractivity (Wildman–Crippen MR) is 93.6 cm³/mol. The highest BCUT2D eigenvalue weighted by atomic mass is 32.2. The Morgan fingerprint density at radius 1 is 1.15 bits per heavy atom. The van der Waals surface area contributed by atoms with Crippen molar-refractivity contribution in [1.29, 1.82) is 0 Å². The number of benzene rings is 1. The van der Waals surface area contributed by atoms with E-state index in [9.17, 15) is 17.6 Å². The molecule has 0 saturated carbocycles. The molecule has 8 heteroatoms. The Morgan fingerprint density at radius 3 is 2.54 bits per heavy atom. The molecular weight excluding hydrogens is 359 g/mol. The summed E-state index contributed by atoms with van der Waals surface area (Å²) < 4.78 is 45.6. The number of sulfonamides is 1. The van der Waals surface area contributed by atoms with E-state index < -0.39 is 27.8 Å². The SMILES string of the molecule is CC(NC(=O)c1ccc(S(=O)(=O)N2CCCCC2)o1)c1ccccc1F. The number of piperidine rings is 1. The van der Waals surface area contributed by atoms with Crippen molar-refractivity contribution in [2.75, 3.05) is 13.1 Å². The van der Waals surface area contributed by atoms with Crippen LogP contribution in [0.2, 0.25) is 0 Å². The number of rotatable bonds is 5. The van der Waals surface area contributed by atoms with Crippen LogP contribution in [0.1, 0.15) is 48.3 Å². The average molecular weight is 380 g/mol. The lowest BCUT2D eigenvalue weighted by Gasteiger charge is -2.24. The lowest BCUT2D eigenvalue weighted by Crippen LogP contribution is -2.35. The average Bonchev–Trinajstić information content (AvgIpc) is 3.14. The van der Waals surface area contributed by atoms with E-state index in [-0.39, 0.29) is 10.9 Å². The normalized spacial score (nSPS) is 17.0. The third-order valence-electron chi connectivity index (χ3n) is 4.43. The van der Waals surface area contributed by atoms with Crippen molar-refractivity contribution in [3.8, 4) is 0 Å². The van der Waals surface area contributed by atoms with E-state index in [1.54, 1.807) is 25.1 Å². The molecule has 26 heavy (non-hydrogen) atoms. The lowest BCUT2D eigenvalue weighted by molar-refractivity contribution is 0.0905. The summed E-state index contributed by atoms with van der Waals surface area (Å²) in [5.41, 5.74) is 0.341. The molecular formula is C18H21FN2O4S. The highest BCUT2D eigenvalue weighted by Gasteiger charge is 2.30. The molecule has 1 N–H and O–H groups in total. The van der Waals surface area contributed by atoms with E-state index in [2.05, 4.69) is 5.32 Å². The fourth-order valence-electron chi connectivity index (χ4n) is 2.99. The summed E-state index contributed by atoms with van der Waals surface area (Å²) in [6.07, 6.45) is 2.63. The van der Waals surface area contributed by atoms with Gasteiger partial charge in [0.15, 0.2) is 5.76 Å². The Hall–Kier alpha value is -2.19. The van der Waals surface area contributed by atoms with E-state index in [0.717, 1.165) is 19.3 Å². The predicted octanol–water partition coefficient (Wildman–Crippen LogP) is 3.08. The maximum atomic E-state index is 13.8. The smallest absolute Gasteiger partial charge is 0.287 e. The van der Waals surface area contributed by atoms with Crippen molar-refractivity contribution in [3.63, 3.8) is 0 Å². The van der Waals surface area contributed by atoms with Gasteiger partial charge in [0.1, 0.15) is 5.82 Å². The van der Waals surface area contributed by atoms with E-state index in [0.29, 0.717) is 18.7 Å². The summed E-state index contributed by atoms with van der Waals surface area (Å²) in [7, 11) is -3.74. The van der Waals surface area contributed by atoms with E-state index in [4.69, 9.17) is 4.42 Å². The van der Waals surface area contributed by atoms with E-state index in [1.807, 2.05) is 0 Å². The topological polar surface area (TPSA) is 79.6 Å². The summed E-state index contributed by atoms with van der Waals surface area (Å²) >= 11 is 0. The summed E-state index contributed by atoms with van der Waals surface area (Å²) in [4.78, 5) is 12.3. The Balaban J connectivity index is 1.73. The van der Waals surface area contributed by atoms with Crippen molar-refractivity contribution in [3.05, 3.63) is 53.5 Å². The molecule has 2 aromatic rings. The summed E-state index contributed by atoms with van der Waals surface area (Å²) in [6.45, 7) is 2.55. The first-order valence-corrected chi connectivity index (χ1v) is 9.99. The molecule has 140 valence electrons. The van der Waals surface area contributed by atoms with Gasteiger partial charge in [-0.15, -0.1) is 0 Å². The van der Waals surface area contributed by atoms with Gasteiger partial charge in [-0.2, -0.15) is 4.31 Å². The van der Waals surface area contributed by atoms with Gasteiger partial charge in [0, 0.05) is 18.7 Å². The number of carbonyl (C=O) groups is 1. The fraction of sp³-hybridized carbons (Fsp3) is 0.389. The van der Waals surface area contributed by atoms with Gasteiger partial charge < -0.3 is 9.73 Å². The molecule has 1 fully saturated rings. The molecule has 1 saturated heterocycles. The van der Waals surface area contributed by atoms with Crippen LogP contribution < -0.4 is 5.32 Å². The summed E-state index contributed by atoms with van der Waals surface area (Å²) in [6, 6.07) is 8.15. The van der Waals surface area contributed by atoms with Gasteiger partial charge in [0.2, 0.25) is 5.09 Å². The van der Waals surface area contributed by atoms with E-state index >= 15 is 0 Å². The van der Waals surface area contributed by atoms with Gasteiger partial charge in [0.05, 0.1) is 6.04 Å². The fourth-order valence-corrected chi connectivity index (χ4v) is 4.41. The third kappa shape index (κ3) is 3.81. The monoisotopic (exact) mass is 380 g/mol. The Kier molecular flexibility index (Phi) is 5.43. The van der Waals surface area contributed by atoms with Crippen molar-refractivity contribution < 1.29 is 22.0 Å². The van der Waals surface area contributed by atoms with Gasteiger partial charge in [-0.05, 0) is 38.0 Å². The van der Waals surface area contributed by atoms with Crippen LogP contribution in [0, 0.1) is 5.82 Å². The molecule has 1 aliphatic heterocycles. The zero-order chi connectivity index (χ0) is 18.7. The molecule has 0 spiro atoms. The summed E-state index contributed by atoms with van der Waals surface area (Å²) in [5.74, 6) is -1.14. The minimum Gasteiger partial charge on any atom is -0.438 e. The molecule has 1 atom stereocenters. The van der Waals surface area contributed by atoms with Crippen molar-refractivity contribution in [2.45, 2.75) is 37.3 Å². The van der Waals surface area contributed by atoms with Gasteiger partial charge in [0.25, 0.3) is 15.9 Å². The zero-order valence-corrected chi connectivity index (χ0v) is 15.3. The van der Waals surface area contributed by atoms with Crippen LogP contribution in [0.3, 0.4) is 0 Å². The number of carbonyl (C=O) groups excluding carboxylic acids is 1. The molecule has 1 aromatic heterocycles. The number of nitrogens with zero attached hydrogens (tertiary/aromatic N) is 1. The first-order valence-electron chi connectivity index (χ1n) is 8.55. The molecule has 0 radical (unpaired) electrons. The Morgan fingerprint density at radius 2 is 1.85 bits per heavy atom. The number of hydrogen-bond donors (Lipinski definition) is 1. The largest absolute Gasteiger partial charge is 0.438 e. The quantitative estimate of drug-likeness (QED) is 0.864. The van der Waals surface area contributed by atoms with Crippen LogP contribution in [0.5, 0.6) is 0 Å². The standard InChI is InChI=1S/C18H21FN2O4S/c1-13(14-7-3-4-8-15(14)19)20-18(22)16-9-10-17(25-16)26(23,24)21-11-5-2-6-12-21/h3-4,7-10,13H,2,5-6,11-12H2,1H3,(H,20,22). The van der Waals surface area contributed by atoms with Crippen LogP contribution in [-0.2, 0) is 10.0 Å². The highest BCUT2D eigenvalue weighted by Crippen LogP contribution is 2.23. The van der Waals surface area contributed by atoms with Crippen molar-refractivity contribution in [1.82, 2.24) is 9.62 Å². The number of halogens is 1. The third-order valence-corrected chi connectivity index (χ3v) is 6.21. The van der Waals surface area contributed by atoms with Crippen LogP contribution in [0.4, 0.5) is 4.39 Å². The molecule has 1 unspecified atom stereocenters. The maximum Gasteiger partial charge on any atom is 0.287 e. The minimum absolute atomic E-state index is 0.122. The molecule has 0 bridgehead atoms. The van der Waals surface area contributed by atoms with Gasteiger partial charge in [-0.3, -0.25) is 4.79 Å².